The zero-order valence-electron chi connectivity index (χ0n) is 12.6. The van der Waals surface area contributed by atoms with Gasteiger partial charge < -0.3 is 10.0 Å². The fraction of sp³-hybridized carbons (Fsp3) is 0.471. The fourth-order valence-electron chi connectivity index (χ4n) is 1.99. The Morgan fingerprint density at radius 3 is 2.70 bits per heavy atom. The summed E-state index contributed by atoms with van der Waals surface area (Å²) in [5.74, 6) is 5.92. The standard InChI is InChI=1S/C17H23NO2/c1-4-11-18(5-2)17(20)16-13-15(8-6-7-12-19)10-9-14(16)3/h9-10,13,19H,4-5,7,11-12H2,1-3H3. The lowest BCUT2D eigenvalue weighted by molar-refractivity contribution is 0.0763. The minimum atomic E-state index is 0.0603. The third-order valence-corrected chi connectivity index (χ3v) is 3.10. The van der Waals surface area contributed by atoms with Gasteiger partial charge in [0.1, 0.15) is 0 Å². The van der Waals surface area contributed by atoms with Crippen molar-refractivity contribution in [3.63, 3.8) is 0 Å². The van der Waals surface area contributed by atoms with Crippen molar-refractivity contribution in [1.82, 2.24) is 4.90 Å². The SMILES string of the molecule is CCCN(CC)C(=O)c1cc(C#CCCO)ccc1C. The van der Waals surface area contributed by atoms with Gasteiger partial charge in [0.2, 0.25) is 0 Å². The lowest BCUT2D eigenvalue weighted by Crippen LogP contribution is -2.32. The van der Waals surface area contributed by atoms with Crippen LogP contribution in [0.15, 0.2) is 18.2 Å². The van der Waals surface area contributed by atoms with Crippen molar-refractivity contribution in [3.05, 3.63) is 34.9 Å². The first kappa shape index (κ1) is 16.3. The van der Waals surface area contributed by atoms with Crippen molar-refractivity contribution in [2.24, 2.45) is 0 Å². The molecule has 108 valence electrons. The third kappa shape index (κ3) is 4.40. The summed E-state index contributed by atoms with van der Waals surface area (Å²) in [7, 11) is 0. The van der Waals surface area contributed by atoms with Crippen molar-refractivity contribution in [2.75, 3.05) is 19.7 Å². The lowest BCUT2D eigenvalue weighted by atomic mass is 10.0. The molecule has 0 aliphatic carbocycles. The molecule has 0 aliphatic rings. The Morgan fingerprint density at radius 1 is 1.35 bits per heavy atom. The number of benzene rings is 1. The van der Waals surface area contributed by atoms with Crippen molar-refractivity contribution < 1.29 is 9.90 Å². The van der Waals surface area contributed by atoms with Crippen LogP contribution in [-0.2, 0) is 0 Å². The van der Waals surface area contributed by atoms with Gasteiger partial charge in [-0.3, -0.25) is 4.79 Å². The Balaban J connectivity index is 3.02. The molecular formula is C17H23NO2. The second-order valence-corrected chi connectivity index (χ2v) is 4.69. The molecule has 0 unspecified atom stereocenters. The highest BCUT2D eigenvalue weighted by Crippen LogP contribution is 2.14. The van der Waals surface area contributed by atoms with Crippen LogP contribution in [-0.4, -0.2) is 35.6 Å². The zero-order valence-corrected chi connectivity index (χ0v) is 12.6. The highest BCUT2D eigenvalue weighted by atomic mass is 16.2. The summed E-state index contributed by atoms with van der Waals surface area (Å²) in [6.45, 7) is 7.55. The summed E-state index contributed by atoms with van der Waals surface area (Å²) in [6.07, 6.45) is 1.41. The summed E-state index contributed by atoms with van der Waals surface area (Å²) in [5.41, 5.74) is 2.51. The third-order valence-electron chi connectivity index (χ3n) is 3.10. The predicted octanol–water partition coefficient (Wildman–Crippen LogP) is 2.60. The Bertz CT molecular complexity index is 511. The zero-order chi connectivity index (χ0) is 15.0. The minimum absolute atomic E-state index is 0.0603. The van der Waals surface area contributed by atoms with Gasteiger partial charge in [-0.1, -0.05) is 24.8 Å². The Labute approximate surface area is 121 Å². The number of carbonyl (C=O) groups is 1. The van der Waals surface area contributed by atoms with Crippen LogP contribution in [0, 0.1) is 18.8 Å². The van der Waals surface area contributed by atoms with Gasteiger partial charge in [0.05, 0.1) is 6.61 Å². The maximum atomic E-state index is 12.5. The molecule has 1 rings (SSSR count). The average Bonchev–Trinajstić information content (AvgIpc) is 2.46. The van der Waals surface area contributed by atoms with Gasteiger partial charge in [-0.05, 0) is 38.0 Å². The number of aliphatic hydroxyl groups is 1. The molecule has 0 saturated heterocycles. The summed E-state index contributed by atoms with van der Waals surface area (Å²) in [4.78, 5) is 14.4. The van der Waals surface area contributed by atoms with E-state index >= 15 is 0 Å². The monoisotopic (exact) mass is 273 g/mol. The van der Waals surface area contributed by atoms with E-state index in [1.807, 2.05) is 36.9 Å². The quantitative estimate of drug-likeness (QED) is 0.838. The highest BCUT2D eigenvalue weighted by Gasteiger charge is 2.15. The molecule has 0 bridgehead atoms. The van der Waals surface area contributed by atoms with Gasteiger partial charge >= 0.3 is 0 Å². The molecule has 3 nitrogen and oxygen atoms in total. The van der Waals surface area contributed by atoms with Gasteiger partial charge in [0, 0.05) is 30.6 Å². The molecule has 20 heavy (non-hydrogen) atoms. The van der Waals surface area contributed by atoms with Gasteiger partial charge in [-0.25, -0.2) is 0 Å². The van der Waals surface area contributed by atoms with Crippen molar-refractivity contribution in [1.29, 1.82) is 0 Å². The lowest BCUT2D eigenvalue weighted by Gasteiger charge is -2.21. The van der Waals surface area contributed by atoms with Crippen molar-refractivity contribution >= 4 is 5.91 Å². The average molecular weight is 273 g/mol. The number of hydrogen-bond acceptors (Lipinski definition) is 2. The maximum Gasteiger partial charge on any atom is 0.254 e. The second-order valence-electron chi connectivity index (χ2n) is 4.69. The predicted molar refractivity (Wildman–Crippen MR) is 81.6 cm³/mol. The Morgan fingerprint density at radius 2 is 2.10 bits per heavy atom. The van der Waals surface area contributed by atoms with Crippen molar-refractivity contribution in [3.8, 4) is 11.8 Å². The van der Waals surface area contributed by atoms with Crippen LogP contribution in [0.3, 0.4) is 0 Å². The molecular weight excluding hydrogens is 250 g/mol. The van der Waals surface area contributed by atoms with E-state index < -0.39 is 0 Å². The Kier molecular flexibility index (Phi) is 6.83. The molecule has 1 aromatic rings. The van der Waals surface area contributed by atoms with Crippen LogP contribution >= 0.6 is 0 Å². The maximum absolute atomic E-state index is 12.5. The number of rotatable bonds is 5. The first-order valence-electron chi connectivity index (χ1n) is 7.13. The van der Waals surface area contributed by atoms with Crippen LogP contribution in [0.4, 0.5) is 0 Å². The molecule has 3 heteroatoms. The molecule has 1 amide bonds. The largest absolute Gasteiger partial charge is 0.395 e. The van der Waals surface area contributed by atoms with Gasteiger partial charge in [0.25, 0.3) is 5.91 Å². The van der Waals surface area contributed by atoms with E-state index in [0.717, 1.165) is 29.7 Å². The van der Waals surface area contributed by atoms with Crippen LogP contribution in [0.25, 0.3) is 0 Å². The van der Waals surface area contributed by atoms with Crippen LogP contribution in [0.2, 0.25) is 0 Å². The molecule has 0 heterocycles. The van der Waals surface area contributed by atoms with E-state index in [1.54, 1.807) is 0 Å². The van der Waals surface area contributed by atoms with E-state index in [-0.39, 0.29) is 12.5 Å². The molecule has 1 N–H and O–H groups in total. The summed E-state index contributed by atoms with van der Waals surface area (Å²) in [5, 5.41) is 8.73. The molecule has 0 atom stereocenters. The number of hydrogen-bond donors (Lipinski definition) is 1. The smallest absolute Gasteiger partial charge is 0.254 e. The summed E-state index contributed by atoms with van der Waals surface area (Å²) in [6, 6.07) is 5.68. The van der Waals surface area contributed by atoms with E-state index in [1.165, 1.54) is 0 Å². The molecule has 0 aromatic heterocycles. The van der Waals surface area contributed by atoms with Crippen LogP contribution < -0.4 is 0 Å². The first-order valence-corrected chi connectivity index (χ1v) is 7.13. The molecule has 0 aliphatic heterocycles. The molecule has 0 radical (unpaired) electrons. The number of aryl methyl sites for hydroxylation is 1. The normalized spacial score (nSPS) is 9.80. The van der Waals surface area contributed by atoms with E-state index in [4.69, 9.17) is 5.11 Å². The van der Waals surface area contributed by atoms with Crippen LogP contribution in [0.1, 0.15) is 48.2 Å². The van der Waals surface area contributed by atoms with E-state index in [0.29, 0.717) is 13.0 Å². The minimum Gasteiger partial charge on any atom is -0.395 e. The van der Waals surface area contributed by atoms with Crippen LogP contribution in [0.5, 0.6) is 0 Å². The summed E-state index contributed by atoms with van der Waals surface area (Å²) >= 11 is 0. The van der Waals surface area contributed by atoms with E-state index in [9.17, 15) is 4.79 Å². The topological polar surface area (TPSA) is 40.5 Å². The molecule has 0 fully saturated rings. The molecule has 1 aromatic carbocycles. The van der Waals surface area contributed by atoms with Gasteiger partial charge in [-0.15, -0.1) is 0 Å². The Hall–Kier alpha value is -1.79. The summed E-state index contributed by atoms with van der Waals surface area (Å²) < 4.78 is 0. The highest BCUT2D eigenvalue weighted by molar-refractivity contribution is 5.96. The fourth-order valence-corrected chi connectivity index (χ4v) is 1.99. The van der Waals surface area contributed by atoms with Gasteiger partial charge in [-0.2, -0.15) is 0 Å². The number of aliphatic hydroxyl groups excluding tert-OH is 1. The van der Waals surface area contributed by atoms with E-state index in [2.05, 4.69) is 18.8 Å². The number of nitrogens with zero attached hydrogens (tertiary/aromatic N) is 1. The molecule has 0 saturated carbocycles. The van der Waals surface area contributed by atoms with Gasteiger partial charge in [0.15, 0.2) is 0 Å². The first-order chi connectivity index (χ1) is 9.63. The number of amides is 1. The second kappa shape index (κ2) is 8.39. The number of carbonyl (C=O) groups excluding carboxylic acids is 1. The van der Waals surface area contributed by atoms with Crippen molar-refractivity contribution in [2.45, 2.75) is 33.6 Å². The molecule has 0 spiro atoms.